The predicted octanol–water partition coefficient (Wildman–Crippen LogP) is 0.960. The Morgan fingerprint density at radius 3 is 3.17 bits per heavy atom. The Hall–Kier alpha value is -2.37. The molecule has 0 radical (unpaired) electrons. The van der Waals surface area contributed by atoms with Gasteiger partial charge in [-0.2, -0.15) is 0 Å². The number of benzene rings is 1. The molecule has 6 nitrogen and oxygen atoms in total. The normalized spacial score (nSPS) is 13.1. The van der Waals surface area contributed by atoms with Crippen LogP contribution in [0.1, 0.15) is 21.7 Å². The predicted molar refractivity (Wildman–Crippen MR) is 61.7 cm³/mol. The number of aromatic nitrogens is 3. The third-order valence-corrected chi connectivity index (χ3v) is 2.86. The van der Waals surface area contributed by atoms with Crippen LogP contribution >= 0.6 is 0 Å². The minimum atomic E-state index is -1.12. The van der Waals surface area contributed by atoms with Crippen LogP contribution in [-0.2, 0) is 13.0 Å². The summed E-state index contributed by atoms with van der Waals surface area (Å²) in [4.78, 5) is 14.4. The van der Waals surface area contributed by atoms with Crippen LogP contribution in [-0.4, -0.2) is 32.4 Å². The molecule has 0 spiro atoms. The molecule has 0 saturated carbocycles. The van der Waals surface area contributed by atoms with Gasteiger partial charge in [-0.05, 0) is 5.56 Å². The van der Waals surface area contributed by atoms with E-state index in [1.54, 1.807) is 0 Å². The van der Waals surface area contributed by atoms with E-state index in [0.717, 1.165) is 17.7 Å². The molecule has 1 aromatic carbocycles. The van der Waals surface area contributed by atoms with E-state index in [0.29, 0.717) is 13.2 Å². The third-order valence-electron chi connectivity index (χ3n) is 2.86. The Balaban J connectivity index is 1.88. The molecule has 6 heteroatoms. The molecule has 3 rings (SSSR count). The standard InChI is InChI=1S/C12H11N3O3/c16-12(17)11-13-7-15(14-11)6-9-3-1-2-8-4-5-18-10(8)9/h1-3,7H,4-6H2,(H,16,17). The van der Waals surface area contributed by atoms with E-state index in [1.807, 2.05) is 18.2 Å². The van der Waals surface area contributed by atoms with E-state index in [4.69, 9.17) is 9.84 Å². The van der Waals surface area contributed by atoms with Crippen molar-refractivity contribution in [3.05, 3.63) is 41.5 Å². The highest BCUT2D eigenvalue weighted by Gasteiger charge is 2.17. The van der Waals surface area contributed by atoms with Gasteiger partial charge in [0.2, 0.25) is 0 Å². The summed E-state index contributed by atoms with van der Waals surface area (Å²) in [6.45, 7) is 1.16. The fourth-order valence-electron chi connectivity index (χ4n) is 2.05. The lowest BCUT2D eigenvalue weighted by molar-refractivity contribution is 0.0683. The van der Waals surface area contributed by atoms with Crippen LogP contribution in [0.4, 0.5) is 0 Å². The second kappa shape index (κ2) is 4.14. The molecule has 92 valence electrons. The molecule has 0 amide bonds. The number of para-hydroxylation sites is 1. The highest BCUT2D eigenvalue weighted by Crippen LogP contribution is 2.29. The maximum absolute atomic E-state index is 10.7. The number of carboxylic acids is 1. The largest absolute Gasteiger partial charge is 0.493 e. The van der Waals surface area contributed by atoms with Crippen molar-refractivity contribution in [2.24, 2.45) is 0 Å². The number of nitrogens with zero attached hydrogens (tertiary/aromatic N) is 3. The quantitative estimate of drug-likeness (QED) is 0.871. The van der Waals surface area contributed by atoms with Gasteiger partial charge in [0.1, 0.15) is 12.1 Å². The van der Waals surface area contributed by atoms with Crippen LogP contribution in [0.5, 0.6) is 5.75 Å². The lowest BCUT2D eigenvalue weighted by Crippen LogP contribution is -2.05. The zero-order valence-electron chi connectivity index (χ0n) is 9.54. The van der Waals surface area contributed by atoms with Crippen molar-refractivity contribution in [3.63, 3.8) is 0 Å². The summed E-state index contributed by atoms with van der Waals surface area (Å²) in [7, 11) is 0. The summed E-state index contributed by atoms with van der Waals surface area (Å²) in [6, 6.07) is 5.96. The van der Waals surface area contributed by atoms with Crippen LogP contribution in [0.2, 0.25) is 0 Å². The first-order valence-electron chi connectivity index (χ1n) is 5.60. The molecule has 2 aromatic rings. The first-order valence-corrected chi connectivity index (χ1v) is 5.60. The SMILES string of the molecule is O=C(O)c1ncn(Cc2cccc3c2OCC3)n1. The van der Waals surface area contributed by atoms with Crippen molar-refractivity contribution in [2.45, 2.75) is 13.0 Å². The fraction of sp³-hybridized carbons (Fsp3) is 0.250. The highest BCUT2D eigenvalue weighted by molar-refractivity contribution is 5.82. The van der Waals surface area contributed by atoms with Crippen LogP contribution in [0, 0.1) is 0 Å². The average Bonchev–Trinajstić information content (AvgIpc) is 2.97. The highest BCUT2D eigenvalue weighted by atomic mass is 16.5. The third kappa shape index (κ3) is 1.81. The van der Waals surface area contributed by atoms with Gasteiger partial charge in [-0.1, -0.05) is 18.2 Å². The topological polar surface area (TPSA) is 77.2 Å². The lowest BCUT2D eigenvalue weighted by Gasteiger charge is -2.07. The molecular weight excluding hydrogens is 234 g/mol. The van der Waals surface area contributed by atoms with Gasteiger partial charge in [0.15, 0.2) is 0 Å². The molecule has 0 aliphatic carbocycles. The Kier molecular flexibility index (Phi) is 2.47. The number of hydrogen-bond donors (Lipinski definition) is 1. The molecule has 1 aliphatic rings. The number of carboxylic acid groups (broad SMARTS) is 1. The summed E-state index contributed by atoms with van der Waals surface area (Å²) in [6.07, 6.45) is 2.33. The maximum atomic E-state index is 10.7. The molecule has 0 unspecified atom stereocenters. The van der Waals surface area contributed by atoms with Crippen LogP contribution in [0.15, 0.2) is 24.5 Å². The smallest absolute Gasteiger partial charge is 0.375 e. The summed E-state index contributed by atoms with van der Waals surface area (Å²) in [5.41, 5.74) is 2.18. The zero-order valence-corrected chi connectivity index (χ0v) is 9.54. The summed E-state index contributed by atoms with van der Waals surface area (Å²) >= 11 is 0. The van der Waals surface area contributed by atoms with Gasteiger partial charge >= 0.3 is 5.97 Å². The Morgan fingerprint density at radius 2 is 2.39 bits per heavy atom. The van der Waals surface area contributed by atoms with E-state index in [1.165, 1.54) is 16.6 Å². The van der Waals surface area contributed by atoms with Crippen LogP contribution in [0.25, 0.3) is 0 Å². The number of hydrogen-bond acceptors (Lipinski definition) is 4. The van der Waals surface area contributed by atoms with Gasteiger partial charge in [-0.3, -0.25) is 0 Å². The van der Waals surface area contributed by atoms with Crippen molar-refractivity contribution in [3.8, 4) is 5.75 Å². The van der Waals surface area contributed by atoms with Gasteiger partial charge in [0.25, 0.3) is 5.82 Å². The minimum absolute atomic E-state index is 0.191. The minimum Gasteiger partial charge on any atom is -0.493 e. The molecule has 18 heavy (non-hydrogen) atoms. The van der Waals surface area contributed by atoms with Crippen molar-refractivity contribution in [2.75, 3.05) is 6.61 Å². The average molecular weight is 245 g/mol. The van der Waals surface area contributed by atoms with E-state index in [-0.39, 0.29) is 5.82 Å². The van der Waals surface area contributed by atoms with E-state index < -0.39 is 5.97 Å². The van der Waals surface area contributed by atoms with E-state index in [2.05, 4.69) is 10.1 Å². The first kappa shape index (κ1) is 10.8. The van der Waals surface area contributed by atoms with Crippen molar-refractivity contribution >= 4 is 5.97 Å². The summed E-state index contributed by atoms with van der Waals surface area (Å²) < 4.78 is 7.08. The Bertz CT molecular complexity index is 606. The number of fused-ring (bicyclic) bond motifs is 1. The Morgan fingerprint density at radius 1 is 1.50 bits per heavy atom. The Labute approximate surface area is 103 Å². The van der Waals surface area contributed by atoms with Crippen LogP contribution in [0.3, 0.4) is 0 Å². The monoisotopic (exact) mass is 245 g/mol. The van der Waals surface area contributed by atoms with Crippen molar-refractivity contribution < 1.29 is 14.6 Å². The molecule has 1 aromatic heterocycles. The number of ether oxygens (including phenoxy) is 1. The molecule has 0 bridgehead atoms. The van der Waals surface area contributed by atoms with Crippen molar-refractivity contribution in [1.82, 2.24) is 14.8 Å². The van der Waals surface area contributed by atoms with Crippen molar-refractivity contribution in [1.29, 1.82) is 0 Å². The van der Waals surface area contributed by atoms with Gasteiger partial charge in [-0.15, -0.1) is 5.10 Å². The second-order valence-electron chi connectivity index (χ2n) is 4.07. The molecule has 1 N–H and O–H groups in total. The van der Waals surface area contributed by atoms with Crippen LogP contribution < -0.4 is 4.74 Å². The number of aromatic carboxylic acids is 1. The molecule has 0 saturated heterocycles. The van der Waals surface area contributed by atoms with Gasteiger partial charge in [0.05, 0.1) is 13.2 Å². The molecule has 1 aliphatic heterocycles. The van der Waals surface area contributed by atoms with E-state index in [9.17, 15) is 4.79 Å². The van der Waals surface area contributed by atoms with Gasteiger partial charge < -0.3 is 9.84 Å². The van der Waals surface area contributed by atoms with Gasteiger partial charge in [-0.25, -0.2) is 14.5 Å². The number of carbonyl (C=O) groups is 1. The molecule has 2 heterocycles. The fourth-order valence-corrected chi connectivity index (χ4v) is 2.05. The zero-order chi connectivity index (χ0) is 12.5. The second-order valence-corrected chi connectivity index (χ2v) is 4.07. The molecule has 0 atom stereocenters. The lowest BCUT2D eigenvalue weighted by atomic mass is 10.1. The maximum Gasteiger partial charge on any atom is 0.375 e. The molecule has 0 fully saturated rings. The molecular formula is C12H11N3O3. The van der Waals surface area contributed by atoms with E-state index >= 15 is 0 Å². The number of rotatable bonds is 3. The first-order chi connectivity index (χ1) is 8.74. The summed E-state index contributed by atoms with van der Waals surface area (Å²) in [5.74, 6) is -0.420. The van der Waals surface area contributed by atoms with Gasteiger partial charge in [0, 0.05) is 12.0 Å². The summed E-state index contributed by atoms with van der Waals surface area (Å²) in [5, 5.41) is 12.6.